The maximum atomic E-state index is 12.0. The number of likely N-dealkylation sites (tertiary alicyclic amines) is 1. The number of rotatable bonds is 6. The van der Waals surface area contributed by atoms with E-state index >= 15 is 0 Å². The number of piperidine rings is 1. The second kappa shape index (κ2) is 9.60. The molecular weight excluding hydrogens is 342 g/mol. The Bertz CT molecular complexity index is 646. The van der Waals surface area contributed by atoms with Gasteiger partial charge in [0, 0.05) is 12.1 Å². The third kappa shape index (κ3) is 7.46. The van der Waals surface area contributed by atoms with E-state index in [0.717, 1.165) is 37.4 Å². The Kier molecular flexibility index (Phi) is 7.47. The summed E-state index contributed by atoms with van der Waals surface area (Å²) in [6, 6.07) is 7.61. The van der Waals surface area contributed by atoms with Crippen molar-refractivity contribution in [3.8, 4) is 5.75 Å². The van der Waals surface area contributed by atoms with Crippen LogP contribution in [0, 0.1) is 5.92 Å². The third-order valence-electron chi connectivity index (χ3n) is 4.48. The van der Waals surface area contributed by atoms with Crippen LogP contribution in [0.3, 0.4) is 0 Å². The second-order valence-corrected chi connectivity index (χ2v) is 8.07. The average molecular weight is 376 g/mol. The van der Waals surface area contributed by atoms with Crippen molar-refractivity contribution >= 4 is 17.6 Å². The molecule has 1 amide bonds. The predicted molar refractivity (Wildman–Crippen MR) is 110 cm³/mol. The number of carbonyl (C=O) groups is 1. The number of benzene rings is 1. The highest BCUT2D eigenvalue weighted by atomic mass is 16.5. The molecule has 0 aromatic heterocycles. The van der Waals surface area contributed by atoms with Crippen LogP contribution in [-0.4, -0.2) is 55.6 Å². The van der Waals surface area contributed by atoms with Gasteiger partial charge in [0.1, 0.15) is 5.75 Å². The van der Waals surface area contributed by atoms with Crippen molar-refractivity contribution in [3.63, 3.8) is 0 Å². The van der Waals surface area contributed by atoms with E-state index in [1.165, 1.54) is 0 Å². The van der Waals surface area contributed by atoms with Crippen molar-refractivity contribution in [2.75, 3.05) is 38.6 Å². The number of nitrogens with two attached hydrogens (primary N) is 1. The van der Waals surface area contributed by atoms with Crippen LogP contribution in [0.1, 0.15) is 33.6 Å². The molecule has 1 aromatic rings. The molecular formula is C20H33N5O2. The fourth-order valence-corrected chi connectivity index (χ4v) is 3.14. The zero-order chi connectivity index (χ0) is 19.9. The van der Waals surface area contributed by atoms with Crippen LogP contribution < -0.4 is 21.1 Å². The van der Waals surface area contributed by atoms with E-state index in [4.69, 9.17) is 10.5 Å². The summed E-state index contributed by atoms with van der Waals surface area (Å²) >= 11 is 0. The van der Waals surface area contributed by atoms with E-state index in [1.54, 1.807) is 7.11 Å². The molecule has 0 radical (unpaired) electrons. The first-order valence-corrected chi connectivity index (χ1v) is 9.50. The highest BCUT2D eigenvalue weighted by Crippen LogP contribution is 2.23. The molecule has 1 fully saturated rings. The molecule has 0 saturated carbocycles. The van der Waals surface area contributed by atoms with Crippen molar-refractivity contribution in [1.82, 2.24) is 10.2 Å². The van der Waals surface area contributed by atoms with Crippen LogP contribution in [0.4, 0.5) is 5.69 Å². The van der Waals surface area contributed by atoms with Gasteiger partial charge in [-0.15, -0.1) is 0 Å². The van der Waals surface area contributed by atoms with E-state index in [-0.39, 0.29) is 11.4 Å². The van der Waals surface area contributed by atoms with Crippen LogP contribution in [0.15, 0.2) is 29.3 Å². The molecule has 1 aliphatic heterocycles. The van der Waals surface area contributed by atoms with Crippen molar-refractivity contribution in [2.45, 2.75) is 39.2 Å². The fraction of sp³-hybridized carbons (Fsp3) is 0.600. The summed E-state index contributed by atoms with van der Waals surface area (Å²) in [5, 5.41) is 6.11. The van der Waals surface area contributed by atoms with E-state index < -0.39 is 0 Å². The molecule has 1 heterocycles. The summed E-state index contributed by atoms with van der Waals surface area (Å²) in [5.41, 5.74) is 6.64. The van der Waals surface area contributed by atoms with Crippen LogP contribution in [0.25, 0.3) is 0 Å². The summed E-state index contributed by atoms with van der Waals surface area (Å²) in [6.07, 6.45) is 2.04. The predicted octanol–water partition coefficient (Wildman–Crippen LogP) is 2.05. The molecule has 27 heavy (non-hydrogen) atoms. The summed E-state index contributed by atoms with van der Waals surface area (Å²) in [7, 11) is 1.63. The van der Waals surface area contributed by atoms with Crippen LogP contribution in [-0.2, 0) is 4.79 Å². The van der Waals surface area contributed by atoms with Gasteiger partial charge < -0.3 is 21.1 Å². The van der Waals surface area contributed by atoms with Crippen molar-refractivity contribution in [3.05, 3.63) is 24.3 Å². The number of anilines is 1. The number of hydrogen-bond acceptors (Lipinski definition) is 4. The Morgan fingerprint density at radius 2 is 1.96 bits per heavy atom. The highest BCUT2D eigenvalue weighted by Gasteiger charge is 2.22. The van der Waals surface area contributed by atoms with Gasteiger partial charge in [-0.25, -0.2) is 0 Å². The SMILES string of the molecule is COc1ccccc1NC(N)=NCC1CCN(CC(=O)NC(C)(C)C)CC1. The van der Waals surface area contributed by atoms with Gasteiger partial charge in [0.15, 0.2) is 5.96 Å². The number of nitrogens with zero attached hydrogens (tertiary/aromatic N) is 2. The van der Waals surface area contributed by atoms with Crippen LogP contribution in [0.2, 0.25) is 0 Å². The topological polar surface area (TPSA) is 92.0 Å². The minimum atomic E-state index is -0.184. The Hall–Kier alpha value is -2.28. The number of methoxy groups -OCH3 is 1. The van der Waals surface area contributed by atoms with E-state index in [0.29, 0.717) is 25.0 Å². The first-order valence-electron chi connectivity index (χ1n) is 9.50. The van der Waals surface area contributed by atoms with Crippen molar-refractivity contribution < 1.29 is 9.53 Å². The Morgan fingerprint density at radius 1 is 1.30 bits per heavy atom. The lowest BCUT2D eigenvalue weighted by Crippen LogP contribution is -2.47. The average Bonchev–Trinajstić information content (AvgIpc) is 2.60. The van der Waals surface area contributed by atoms with Gasteiger partial charge in [-0.05, 0) is 64.8 Å². The molecule has 1 saturated heterocycles. The van der Waals surface area contributed by atoms with Crippen molar-refractivity contribution in [1.29, 1.82) is 0 Å². The largest absolute Gasteiger partial charge is 0.495 e. The summed E-state index contributed by atoms with van der Waals surface area (Å²) < 4.78 is 5.30. The molecule has 7 nitrogen and oxygen atoms in total. The number of hydrogen-bond donors (Lipinski definition) is 3. The van der Waals surface area contributed by atoms with E-state index in [1.807, 2.05) is 45.0 Å². The molecule has 4 N–H and O–H groups in total. The lowest BCUT2D eigenvalue weighted by atomic mass is 9.97. The molecule has 7 heteroatoms. The number of aliphatic imine (C=N–C) groups is 1. The van der Waals surface area contributed by atoms with Gasteiger partial charge in [0.2, 0.25) is 5.91 Å². The first-order chi connectivity index (χ1) is 12.8. The summed E-state index contributed by atoms with van der Waals surface area (Å²) in [6.45, 7) is 8.98. The minimum absolute atomic E-state index is 0.0872. The number of guanidine groups is 1. The third-order valence-corrected chi connectivity index (χ3v) is 4.48. The number of ether oxygens (including phenoxy) is 1. The maximum Gasteiger partial charge on any atom is 0.234 e. The zero-order valence-corrected chi connectivity index (χ0v) is 16.9. The Morgan fingerprint density at radius 3 is 2.59 bits per heavy atom. The van der Waals surface area contributed by atoms with Gasteiger partial charge in [0.05, 0.1) is 19.3 Å². The van der Waals surface area contributed by atoms with Crippen LogP contribution >= 0.6 is 0 Å². The van der Waals surface area contributed by atoms with Gasteiger partial charge >= 0.3 is 0 Å². The highest BCUT2D eigenvalue weighted by molar-refractivity contribution is 5.93. The standard InChI is InChI=1S/C20H33N5O2/c1-20(2,3)24-18(26)14-25-11-9-15(10-12-25)13-22-19(21)23-16-7-5-6-8-17(16)27-4/h5-8,15H,9-14H2,1-4H3,(H,24,26)(H3,21,22,23). The van der Waals surface area contributed by atoms with E-state index in [2.05, 4.69) is 20.5 Å². The Labute approximate surface area is 162 Å². The molecule has 0 aliphatic carbocycles. The van der Waals surface area contributed by atoms with Gasteiger partial charge in [0.25, 0.3) is 0 Å². The summed E-state index contributed by atoms with van der Waals surface area (Å²) in [5.74, 6) is 1.71. The smallest absolute Gasteiger partial charge is 0.234 e. The van der Waals surface area contributed by atoms with Gasteiger partial charge in [-0.1, -0.05) is 12.1 Å². The number of para-hydroxylation sites is 2. The number of nitrogens with one attached hydrogen (secondary N) is 2. The normalized spacial score (nSPS) is 16.8. The van der Waals surface area contributed by atoms with Crippen molar-refractivity contribution in [2.24, 2.45) is 16.6 Å². The molecule has 0 spiro atoms. The number of amides is 1. The first kappa shape index (κ1) is 21.0. The maximum absolute atomic E-state index is 12.0. The summed E-state index contributed by atoms with van der Waals surface area (Å²) in [4.78, 5) is 18.7. The molecule has 2 rings (SSSR count). The zero-order valence-electron chi connectivity index (χ0n) is 16.9. The number of carbonyl (C=O) groups excluding carboxylic acids is 1. The molecule has 0 atom stereocenters. The molecule has 1 aromatic carbocycles. The lowest BCUT2D eigenvalue weighted by molar-refractivity contribution is -0.124. The van der Waals surface area contributed by atoms with E-state index in [9.17, 15) is 4.79 Å². The Balaban J connectivity index is 1.75. The quantitative estimate of drug-likeness (QED) is 0.523. The minimum Gasteiger partial charge on any atom is -0.495 e. The molecule has 150 valence electrons. The molecule has 1 aliphatic rings. The second-order valence-electron chi connectivity index (χ2n) is 8.07. The molecule has 0 unspecified atom stereocenters. The monoisotopic (exact) mass is 375 g/mol. The molecule has 0 bridgehead atoms. The fourth-order valence-electron chi connectivity index (χ4n) is 3.14. The van der Waals surface area contributed by atoms with Crippen LogP contribution in [0.5, 0.6) is 5.75 Å². The van der Waals surface area contributed by atoms with Gasteiger partial charge in [-0.2, -0.15) is 0 Å². The van der Waals surface area contributed by atoms with Gasteiger partial charge in [-0.3, -0.25) is 14.7 Å². The lowest BCUT2D eigenvalue weighted by Gasteiger charge is -2.31.